The molecule has 0 aliphatic carbocycles. The summed E-state index contributed by atoms with van der Waals surface area (Å²) in [5, 5.41) is 7.42. The molecular weight excluding hydrogens is 465 g/mol. The van der Waals surface area contributed by atoms with E-state index in [0.717, 1.165) is 76.1 Å². The third-order valence-corrected chi connectivity index (χ3v) is 4.31. The molecule has 0 atom stereocenters. The summed E-state index contributed by atoms with van der Waals surface area (Å²) >= 11 is 5.91. The summed E-state index contributed by atoms with van der Waals surface area (Å²) in [4.78, 5) is 4.61. The fraction of sp³-hybridized carbons (Fsp3) is 0.632. The van der Waals surface area contributed by atoms with Crippen LogP contribution in [0.4, 0.5) is 0 Å². The molecular formula is C19H31ClIN3O2. The molecule has 0 saturated carbocycles. The van der Waals surface area contributed by atoms with E-state index in [9.17, 15) is 0 Å². The van der Waals surface area contributed by atoms with Gasteiger partial charge < -0.3 is 20.1 Å². The second-order valence-corrected chi connectivity index (χ2v) is 6.54. The average molecular weight is 496 g/mol. The molecule has 1 fully saturated rings. The highest BCUT2D eigenvalue weighted by Gasteiger charge is 2.13. The van der Waals surface area contributed by atoms with Crippen molar-refractivity contribution in [1.29, 1.82) is 0 Å². The number of nitrogens with one attached hydrogen (secondary N) is 2. The molecule has 0 aromatic heterocycles. The lowest BCUT2D eigenvalue weighted by Gasteiger charge is -2.22. The molecule has 1 aliphatic heterocycles. The van der Waals surface area contributed by atoms with Gasteiger partial charge in [-0.2, -0.15) is 0 Å². The molecule has 0 unspecified atom stereocenters. The standard InChI is InChI=1S/C19H30ClN3O2.HI/c1-2-21-19(23-12-8-16-4-6-17(20)7-5-16)22-11-3-13-25-18-9-14-24-15-10-18;/h4-7,18H,2-3,8-15H2,1H3,(H2,21,22,23);1H. The maximum atomic E-state index is 5.91. The van der Waals surface area contributed by atoms with Gasteiger partial charge in [-0.15, -0.1) is 24.0 Å². The summed E-state index contributed by atoms with van der Waals surface area (Å²) in [7, 11) is 0. The number of benzene rings is 1. The van der Waals surface area contributed by atoms with E-state index in [1.807, 2.05) is 12.1 Å². The lowest BCUT2D eigenvalue weighted by atomic mass is 10.1. The van der Waals surface area contributed by atoms with Crippen LogP contribution in [0.2, 0.25) is 5.02 Å². The van der Waals surface area contributed by atoms with Crippen molar-refractivity contribution in [3.8, 4) is 0 Å². The summed E-state index contributed by atoms with van der Waals surface area (Å²) in [6.45, 7) is 6.94. The molecule has 0 bridgehead atoms. The second kappa shape index (κ2) is 14.5. The van der Waals surface area contributed by atoms with Gasteiger partial charge >= 0.3 is 0 Å². The molecule has 1 saturated heterocycles. The SMILES string of the molecule is CCNC(=NCCCOC1CCOCC1)NCCc1ccc(Cl)cc1.I. The van der Waals surface area contributed by atoms with Gasteiger partial charge in [0.25, 0.3) is 0 Å². The molecule has 1 heterocycles. The summed E-state index contributed by atoms with van der Waals surface area (Å²) in [6.07, 6.45) is 4.26. The molecule has 2 N–H and O–H groups in total. The van der Waals surface area contributed by atoms with E-state index < -0.39 is 0 Å². The number of halogens is 2. The van der Waals surface area contributed by atoms with Gasteiger partial charge in [0.05, 0.1) is 6.10 Å². The van der Waals surface area contributed by atoms with Crippen molar-refractivity contribution < 1.29 is 9.47 Å². The van der Waals surface area contributed by atoms with Crippen LogP contribution in [0, 0.1) is 0 Å². The normalized spacial score (nSPS) is 15.4. The molecule has 1 aromatic carbocycles. The molecule has 0 amide bonds. The van der Waals surface area contributed by atoms with Crippen LogP contribution in [0.5, 0.6) is 0 Å². The molecule has 7 heteroatoms. The minimum atomic E-state index is 0. The Morgan fingerprint density at radius 2 is 1.96 bits per heavy atom. The zero-order chi connectivity index (χ0) is 17.7. The first-order valence-electron chi connectivity index (χ1n) is 9.24. The van der Waals surface area contributed by atoms with E-state index in [-0.39, 0.29) is 24.0 Å². The van der Waals surface area contributed by atoms with Gasteiger partial charge in [0.2, 0.25) is 0 Å². The summed E-state index contributed by atoms with van der Waals surface area (Å²) < 4.78 is 11.2. The van der Waals surface area contributed by atoms with Crippen LogP contribution >= 0.6 is 35.6 Å². The lowest BCUT2D eigenvalue weighted by molar-refractivity contribution is -0.0318. The zero-order valence-electron chi connectivity index (χ0n) is 15.5. The van der Waals surface area contributed by atoms with Crippen molar-refractivity contribution in [2.24, 2.45) is 4.99 Å². The molecule has 148 valence electrons. The van der Waals surface area contributed by atoms with Crippen molar-refractivity contribution >= 4 is 41.5 Å². The Morgan fingerprint density at radius 3 is 2.65 bits per heavy atom. The second-order valence-electron chi connectivity index (χ2n) is 6.10. The smallest absolute Gasteiger partial charge is 0.191 e. The molecule has 0 spiro atoms. The van der Waals surface area contributed by atoms with Crippen LogP contribution < -0.4 is 10.6 Å². The number of aliphatic imine (C=N–C) groups is 1. The Labute approximate surface area is 179 Å². The number of guanidine groups is 1. The van der Waals surface area contributed by atoms with Crippen LogP contribution in [-0.4, -0.2) is 51.5 Å². The van der Waals surface area contributed by atoms with Gasteiger partial charge in [-0.05, 0) is 50.3 Å². The Kier molecular flexibility index (Phi) is 13.1. The highest BCUT2D eigenvalue weighted by atomic mass is 127. The first kappa shape index (κ1) is 23.5. The Balaban J connectivity index is 0.00000338. The molecule has 0 radical (unpaired) electrons. The van der Waals surface area contributed by atoms with E-state index in [4.69, 9.17) is 21.1 Å². The minimum Gasteiger partial charge on any atom is -0.381 e. The van der Waals surface area contributed by atoms with E-state index in [1.165, 1.54) is 5.56 Å². The van der Waals surface area contributed by atoms with E-state index in [2.05, 4.69) is 34.7 Å². The van der Waals surface area contributed by atoms with Crippen molar-refractivity contribution in [3.05, 3.63) is 34.9 Å². The molecule has 1 aliphatic rings. The summed E-state index contributed by atoms with van der Waals surface area (Å²) in [5.74, 6) is 0.863. The molecule has 26 heavy (non-hydrogen) atoms. The maximum absolute atomic E-state index is 5.91. The first-order chi connectivity index (χ1) is 12.3. The Morgan fingerprint density at radius 1 is 1.23 bits per heavy atom. The topological polar surface area (TPSA) is 54.9 Å². The van der Waals surface area contributed by atoms with Gasteiger partial charge in [0.15, 0.2) is 5.96 Å². The Bertz CT molecular complexity index is 508. The highest BCUT2D eigenvalue weighted by Crippen LogP contribution is 2.11. The quantitative estimate of drug-likeness (QED) is 0.238. The zero-order valence-corrected chi connectivity index (χ0v) is 18.6. The number of nitrogens with zero attached hydrogens (tertiary/aromatic N) is 1. The lowest BCUT2D eigenvalue weighted by Crippen LogP contribution is -2.38. The number of rotatable bonds is 9. The monoisotopic (exact) mass is 495 g/mol. The third-order valence-electron chi connectivity index (χ3n) is 4.06. The fourth-order valence-corrected chi connectivity index (χ4v) is 2.79. The van der Waals surface area contributed by atoms with Gasteiger partial charge in [0.1, 0.15) is 0 Å². The van der Waals surface area contributed by atoms with Crippen molar-refractivity contribution in [1.82, 2.24) is 10.6 Å². The van der Waals surface area contributed by atoms with Crippen LogP contribution in [0.3, 0.4) is 0 Å². The van der Waals surface area contributed by atoms with Gasteiger partial charge in [0, 0.05) is 44.5 Å². The number of ether oxygens (including phenoxy) is 2. The van der Waals surface area contributed by atoms with E-state index in [0.29, 0.717) is 6.10 Å². The maximum Gasteiger partial charge on any atom is 0.191 e. The highest BCUT2D eigenvalue weighted by molar-refractivity contribution is 14.0. The van der Waals surface area contributed by atoms with Gasteiger partial charge in [-0.25, -0.2) is 0 Å². The number of hydrogen-bond acceptors (Lipinski definition) is 3. The van der Waals surface area contributed by atoms with Crippen molar-refractivity contribution in [2.75, 3.05) is 39.5 Å². The minimum absolute atomic E-state index is 0. The van der Waals surface area contributed by atoms with E-state index in [1.54, 1.807) is 0 Å². The molecule has 2 rings (SSSR count). The van der Waals surface area contributed by atoms with E-state index >= 15 is 0 Å². The van der Waals surface area contributed by atoms with Crippen LogP contribution in [0.15, 0.2) is 29.3 Å². The first-order valence-corrected chi connectivity index (χ1v) is 9.61. The van der Waals surface area contributed by atoms with Crippen LogP contribution in [0.1, 0.15) is 31.7 Å². The van der Waals surface area contributed by atoms with Crippen molar-refractivity contribution in [2.45, 2.75) is 38.7 Å². The van der Waals surface area contributed by atoms with Gasteiger partial charge in [-0.3, -0.25) is 4.99 Å². The van der Waals surface area contributed by atoms with Gasteiger partial charge in [-0.1, -0.05) is 23.7 Å². The van der Waals surface area contributed by atoms with Crippen molar-refractivity contribution in [3.63, 3.8) is 0 Å². The molecule has 5 nitrogen and oxygen atoms in total. The molecule has 1 aromatic rings. The Hall–Kier alpha value is -0.570. The fourth-order valence-electron chi connectivity index (χ4n) is 2.67. The largest absolute Gasteiger partial charge is 0.381 e. The predicted molar refractivity (Wildman–Crippen MR) is 119 cm³/mol. The third kappa shape index (κ3) is 9.94. The predicted octanol–water partition coefficient (Wildman–Crippen LogP) is 3.64. The van der Waals surface area contributed by atoms with Crippen LogP contribution in [-0.2, 0) is 15.9 Å². The van der Waals surface area contributed by atoms with Crippen LogP contribution in [0.25, 0.3) is 0 Å². The number of hydrogen-bond donors (Lipinski definition) is 2. The summed E-state index contributed by atoms with van der Waals surface area (Å²) in [6, 6.07) is 7.96. The average Bonchev–Trinajstić information content (AvgIpc) is 2.64. The summed E-state index contributed by atoms with van der Waals surface area (Å²) in [5.41, 5.74) is 1.26.